The number of hydrogen-bond donors (Lipinski definition) is 1. The van der Waals surface area contributed by atoms with E-state index in [1.54, 1.807) is 6.92 Å². The van der Waals surface area contributed by atoms with Gasteiger partial charge in [0.2, 0.25) is 5.91 Å². The summed E-state index contributed by atoms with van der Waals surface area (Å²) in [5, 5.41) is 2.10. The zero-order valence-corrected chi connectivity index (χ0v) is 9.67. The molecular formula is C12H12F3NO2. The molecule has 0 aliphatic rings. The fourth-order valence-electron chi connectivity index (χ4n) is 1.30. The highest BCUT2D eigenvalue weighted by Crippen LogP contribution is 2.28. The molecule has 0 aliphatic heterocycles. The van der Waals surface area contributed by atoms with Crippen molar-refractivity contribution in [3.63, 3.8) is 0 Å². The van der Waals surface area contributed by atoms with E-state index in [0.717, 1.165) is 24.3 Å². The summed E-state index contributed by atoms with van der Waals surface area (Å²) < 4.78 is 36.8. The molecule has 1 aromatic carbocycles. The second-order valence-corrected chi connectivity index (χ2v) is 3.70. The van der Waals surface area contributed by atoms with E-state index < -0.39 is 23.6 Å². The number of rotatable bonds is 3. The van der Waals surface area contributed by atoms with Gasteiger partial charge >= 0.3 is 6.18 Å². The Labute approximate surface area is 102 Å². The largest absolute Gasteiger partial charge is 0.416 e. The maximum Gasteiger partial charge on any atom is 0.416 e. The second-order valence-electron chi connectivity index (χ2n) is 3.70. The molecule has 0 spiro atoms. The van der Waals surface area contributed by atoms with Crippen molar-refractivity contribution in [3.8, 4) is 0 Å². The maximum atomic E-state index is 12.3. The third kappa shape index (κ3) is 3.87. The minimum Gasteiger partial charge on any atom is -0.292 e. The number of benzene rings is 1. The van der Waals surface area contributed by atoms with Gasteiger partial charge in [0.1, 0.15) is 0 Å². The maximum absolute atomic E-state index is 12.3. The van der Waals surface area contributed by atoms with Crippen LogP contribution in [0.4, 0.5) is 13.2 Å². The minimum atomic E-state index is -4.44. The van der Waals surface area contributed by atoms with E-state index in [1.807, 2.05) is 0 Å². The van der Waals surface area contributed by atoms with E-state index in [1.165, 1.54) is 0 Å². The summed E-state index contributed by atoms with van der Waals surface area (Å²) in [6, 6.07) is 3.69. The average molecular weight is 259 g/mol. The van der Waals surface area contributed by atoms with Gasteiger partial charge in [-0.25, -0.2) is 0 Å². The average Bonchev–Trinajstić information content (AvgIpc) is 2.28. The van der Waals surface area contributed by atoms with Gasteiger partial charge in [0.05, 0.1) is 5.56 Å². The first kappa shape index (κ1) is 14.2. The molecule has 0 saturated carbocycles. The number of nitrogens with one attached hydrogen (secondary N) is 1. The first-order chi connectivity index (χ1) is 8.34. The van der Waals surface area contributed by atoms with Crippen LogP contribution in [0.1, 0.15) is 35.7 Å². The highest BCUT2D eigenvalue weighted by molar-refractivity contribution is 6.04. The van der Waals surface area contributed by atoms with Gasteiger partial charge in [-0.1, -0.05) is 6.92 Å². The summed E-state index contributed by atoms with van der Waals surface area (Å²) in [6.45, 7) is 1.78. The lowest BCUT2D eigenvalue weighted by Gasteiger charge is -2.07. The molecule has 0 fully saturated rings. The number of carbonyl (C=O) groups excluding carboxylic acids is 2. The lowest BCUT2D eigenvalue weighted by Crippen LogP contribution is -2.30. The van der Waals surface area contributed by atoms with Crippen LogP contribution in [0, 0.1) is 0 Å². The summed E-state index contributed by atoms with van der Waals surface area (Å²) in [5.41, 5.74) is -0.814. The van der Waals surface area contributed by atoms with E-state index in [-0.39, 0.29) is 12.0 Å². The molecule has 0 heterocycles. The van der Waals surface area contributed by atoms with Crippen molar-refractivity contribution in [2.45, 2.75) is 25.9 Å². The fourth-order valence-corrected chi connectivity index (χ4v) is 1.30. The lowest BCUT2D eigenvalue weighted by atomic mass is 10.1. The number of alkyl halides is 3. The van der Waals surface area contributed by atoms with Crippen molar-refractivity contribution in [2.24, 2.45) is 0 Å². The molecule has 98 valence electrons. The molecule has 0 unspecified atom stereocenters. The van der Waals surface area contributed by atoms with E-state index in [0.29, 0.717) is 6.42 Å². The third-order valence-corrected chi connectivity index (χ3v) is 2.20. The predicted molar refractivity (Wildman–Crippen MR) is 58.8 cm³/mol. The van der Waals surface area contributed by atoms with Crippen LogP contribution >= 0.6 is 0 Å². The van der Waals surface area contributed by atoms with Crippen LogP contribution in [0.15, 0.2) is 24.3 Å². The molecule has 0 aliphatic carbocycles. The van der Waals surface area contributed by atoms with Crippen molar-refractivity contribution >= 4 is 11.8 Å². The van der Waals surface area contributed by atoms with Gasteiger partial charge in [-0.3, -0.25) is 14.9 Å². The molecule has 6 heteroatoms. The number of halogens is 3. The van der Waals surface area contributed by atoms with Crippen molar-refractivity contribution < 1.29 is 22.8 Å². The number of hydrogen-bond acceptors (Lipinski definition) is 2. The molecule has 0 saturated heterocycles. The van der Waals surface area contributed by atoms with Crippen LogP contribution < -0.4 is 5.32 Å². The number of amides is 2. The Kier molecular flexibility index (Phi) is 4.47. The topological polar surface area (TPSA) is 46.2 Å². The Balaban J connectivity index is 2.74. The summed E-state index contributed by atoms with van der Waals surface area (Å²) in [7, 11) is 0. The normalized spacial score (nSPS) is 11.1. The molecule has 1 aromatic rings. The van der Waals surface area contributed by atoms with Crippen molar-refractivity contribution in [1.29, 1.82) is 0 Å². The number of carbonyl (C=O) groups is 2. The highest BCUT2D eigenvalue weighted by Gasteiger charge is 2.30. The lowest BCUT2D eigenvalue weighted by molar-refractivity contribution is -0.137. The predicted octanol–water partition coefficient (Wildman–Crippen LogP) is 2.76. The van der Waals surface area contributed by atoms with Crippen molar-refractivity contribution in [1.82, 2.24) is 5.32 Å². The van der Waals surface area contributed by atoms with Gasteiger partial charge in [-0.2, -0.15) is 13.2 Å². The van der Waals surface area contributed by atoms with Crippen LogP contribution in [0.2, 0.25) is 0 Å². The Morgan fingerprint density at radius 1 is 1.17 bits per heavy atom. The quantitative estimate of drug-likeness (QED) is 0.907. The van der Waals surface area contributed by atoms with Gasteiger partial charge in [-0.15, -0.1) is 0 Å². The second kappa shape index (κ2) is 5.66. The molecular weight excluding hydrogens is 247 g/mol. The van der Waals surface area contributed by atoms with Crippen LogP contribution in [-0.2, 0) is 11.0 Å². The Morgan fingerprint density at radius 3 is 2.17 bits per heavy atom. The molecule has 1 N–H and O–H groups in total. The monoisotopic (exact) mass is 259 g/mol. The minimum absolute atomic E-state index is 0.0208. The summed E-state index contributed by atoms with van der Waals surface area (Å²) in [5.74, 6) is -1.13. The molecule has 0 radical (unpaired) electrons. The highest BCUT2D eigenvalue weighted by atomic mass is 19.4. The molecule has 3 nitrogen and oxygen atoms in total. The van der Waals surface area contributed by atoms with Crippen molar-refractivity contribution in [2.75, 3.05) is 0 Å². The van der Waals surface area contributed by atoms with E-state index in [9.17, 15) is 22.8 Å². The van der Waals surface area contributed by atoms with Crippen LogP contribution in [0.5, 0.6) is 0 Å². The van der Waals surface area contributed by atoms with Gasteiger partial charge in [-0.05, 0) is 30.7 Å². The zero-order valence-electron chi connectivity index (χ0n) is 9.67. The first-order valence-electron chi connectivity index (χ1n) is 5.36. The van der Waals surface area contributed by atoms with Gasteiger partial charge < -0.3 is 0 Å². The molecule has 2 amide bonds. The summed E-state index contributed by atoms with van der Waals surface area (Å²) >= 11 is 0. The molecule has 0 aromatic heterocycles. The van der Waals surface area contributed by atoms with Gasteiger partial charge in [0, 0.05) is 12.0 Å². The molecule has 0 atom stereocenters. The Hall–Kier alpha value is -1.85. The van der Waals surface area contributed by atoms with Crippen LogP contribution in [-0.4, -0.2) is 11.8 Å². The van der Waals surface area contributed by atoms with E-state index in [4.69, 9.17) is 0 Å². The Morgan fingerprint density at radius 2 is 1.72 bits per heavy atom. The molecule has 18 heavy (non-hydrogen) atoms. The third-order valence-electron chi connectivity index (χ3n) is 2.20. The smallest absolute Gasteiger partial charge is 0.292 e. The van der Waals surface area contributed by atoms with Gasteiger partial charge in [0.15, 0.2) is 0 Å². The molecule has 1 rings (SSSR count). The summed E-state index contributed by atoms with van der Waals surface area (Å²) in [4.78, 5) is 22.6. The molecule has 0 bridgehead atoms. The van der Waals surface area contributed by atoms with E-state index in [2.05, 4.69) is 5.32 Å². The van der Waals surface area contributed by atoms with Crippen LogP contribution in [0.25, 0.3) is 0 Å². The fraction of sp³-hybridized carbons (Fsp3) is 0.333. The van der Waals surface area contributed by atoms with E-state index >= 15 is 0 Å². The summed E-state index contributed by atoms with van der Waals surface area (Å²) in [6.07, 6.45) is -3.65. The van der Waals surface area contributed by atoms with Gasteiger partial charge in [0.25, 0.3) is 5.91 Å². The SMILES string of the molecule is CCCC(=O)NC(=O)c1ccc(C(F)(F)F)cc1. The zero-order chi connectivity index (χ0) is 13.8. The van der Waals surface area contributed by atoms with Crippen molar-refractivity contribution in [3.05, 3.63) is 35.4 Å². The number of imide groups is 1. The van der Waals surface area contributed by atoms with Crippen LogP contribution in [0.3, 0.4) is 0 Å². The Bertz CT molecular complexity index is 438. The standard InChI is InChI=1S/C12H12F3NO2/c1-2-3-10(17)16-11(18)8-4-6-9(7-5-8)12(13,14)15/h4-7H,2-3H2,1H3,(H,16,17,18). The first-order valence-corrected chi connectivity index (χ1v) is 5.36.